The van der Waals surface area contributed by atoms with Gasteiger partial charge in [0.05, 0.1) is 11.6 Å². The summed E-state index contributed by atoms with van der Waals surface area (Å²) in [6, 6.07) is 2.00. The summed E-state index contributed by atoms with van der Waals surface area (Å²) in [4.78, 5) is 35.3. The van der Waals surface area contributed by atoms with E-state index in [1.165, 1.54) is 0 Å². The van der Waals surface area contributed by atoms with Crippen LogP contribution in [0.4, 0.5) is 13.2 Å². The molecule has 4 heterocycles. The summed E-state index contributed by atoms with van der Waals surface area (Å²) in [5.41, 5.74) is 1.57. The van der Waals surface area contributed by atoms with Crippen molar-refractivity contribution in [3.05, 3.63) is 17.5 Å². The van der Waals surface area contributed by atoms with E-state index in [4.69, 9.17) is 9.90 Å². The zero-order valence-electron chi connectivity index (χ0n) is 16.8. The number of nitrogens with one attached hydrogen (secondary N) is 1. The highest BCUT2D eigenvalue weighted by Gasteiger charge is 2.43. The van der Waals surface area contributed by atoms with Gasteiger partial charge in [-0.3, -0.25) is 14.3 Å². The van der Waals surface area contributed by atoms with Gasteiger partial charge in [-0.25, -0.2) is 4.79 Å². The summed E-state index contributed by atoms with van der Waals surface area (Å²) in [5, 5.41) is 24.4. The number of rotatable bonds is 2. The molecule has 3 aliphatic rings. The van der Waals surface area contributed by atoms with Crippen LogP contribution in [0, 0.1) is 5.92 Å². The van der Waals surface area contributed by atoms with Crippen LogP contribution in [0.5, 0.6) is 0 Å². The first-order valence-electron chi connectivity index (χ1n) is 10.2. The molecule has 9 nitrogen and oxygen atoms in total. The predicted molar refractivity (Wildman–Crippen MR) is 100 cm³/mol. The molecule has 0 saturated carbocycles. The van der Waals surface area contributed by atoms with Crippen LogP contribution in [0.25, 0.3) is 0 Å². The smallest absolute Gasteiger partial charge is 0.481 e. The molecule has 31 heavy (non-hydrogen) atoms. The second-order valence-electron chi connectivity index (χ2n) is 8.03. The van der Waals surface area contributed by atoms with Gasteiger partial charge in [0, 0.05) is 25.2 Å². The van der Waals surface area contributed by atoms with Crippen molar-refractivity contribution in [1.82, 2.24) is 20.0 Å². The molecule has 12 heteroatoms. The Morgan fingerprint density at radius 3 is 2.26 bits per heavy atom. The Hall–Kier alpha value is -2.63. The van der Waals surface area contributed by atoms with E-state index >= 15 is 0 Å². The Morgan fingerprint density at radius 1 is 1.10 bits per heavy atom. The van der Waals surface area contributed by atoms with E-state index in [0.717, 1.165) is 51.0 Å². The van der Waals surface area contributed by atoms with E-state index in [-0.39, 0.29) is 23.9 Å². The fourth-order valence-electron chi connectivity index (χ4n) is 4.51. The van der Waals surface area contributed by atoms with Gasteiger partial charge in [-0.05, 0) is 51.1 Å². The molecule has 0 aromatic carbocycles. The van der Waals surface area contributed by atoms with Gasteiger partial charge in [0.25, 0.3) is 5.91 Å². The van der Waals surface area contributed by atoms with Crippen molar-refractivity contribution in [3.63, 3.8) is 0 Å². The second-order valence-corrected chi connectivity index (χ2v) is 8.03. The summed E-state index contributed by atoms with van der Waals surface area (Å²) in [6.45, 7) is 2.55. The molecule has 1 aromatic rings. The number of amides is 1. The predicted octanol–water partition coefficient (Wildman–Crippen LogP) is 1.87. The number of nitrogens with zero attached hydrogens (tertiary/aromatic N) is 3. The van der Waals surface area contributed by atoms with E-state index in [0.29, 0.717) is 18.5 Å². The van der Waals surface area contributed by atoms with E-state index in [2.05, 4.69) is 10.4 Å². The van der Waals surface area contributed by atoms with Crippen LogP contribution < -0.4 is 5.32 Å². The van der Waals surface area contributed by atoms with Crippen LogP contribution in [0.1, 0.15) is 54.7 Å². The number of aliphatic carboxylic acids is 2. The number of carbonyl (C=O) groups excluding carboxylic acids is 1. The average Bonchev–Trinajstić information content (AvgIpc) is 2.96. The van der Waals surface area contributed by atoms with Gasteiger partial charge in [-0.15, -0.1) is 0 Å². The van der Waals surface area contributed by atoms with Crippen LogP contribution in [0.15, 0.2) is 6.07 Å². The zero-order valence-corrected chi connectivity index (χ0v) is 16.8. The standard InChI is InChI=1S/C17H24N4O3.C2HF3O2/c22-16(15-9-14-10-18-5-2-6-20(14)19-15)21-12-3-1-4-13(21)8-11(7-12)17(23)24;3-2(4,5)1(6)7/h9,11-13,18H,1-8,10H2,(H,23,24);(H,6,7). The van der Waals surface area contributed by atoms with Gasteiger partial charge in [-0.2, -0.15) is 18.3 Å². The SMILES string of the molecule is O=C(O)C(F)(F)F.O=C(O)C1CC2CCCC(C1)N2C(=O)c1cc2n(n1)CCCNC2. The van der Waals surface area contributed by atoms with Gasteiger partial charge < -0.3 is 20.4 Å². The van der Waals surface area contributed by atoms with Crippen molar-refractivity contribution in [2.24, 2.45) is 5.92 Å². The van der Waals surface area contributed by atoms with Crippen molar-refractivity contribution in [1.29, 1.82) is 0 Å². The lowest BCUT2D eigenvalue weighted by Crippen LogP contribution is -2.55. The number of alkyl halides is 3. The molecular formula is C19H25F3N4O5. The van der Waals surface area contributed by atoms with Crippen molar-refractivity contribution < 1.29 is 37.8 Å². The van der Waals surface area contributed by atoms with E-state index in [1.807, 2.05) is 15.6 Å². The van der Waals surface area contributed by atoms with Crippen LogP contribution >= 0.6 is 0 Å². The molecular weight excluding hydrogens is 421 g/mol. The van der Waals surface area contributed by atoms with Gasteiger partial charge >= 0.3 is 18.1 Å². The quantitative estimate of drug-likeness (QED) is 0.633. The molecule has 172 valence electrons. The molecule has 2 atom stereocenters. The highest BCUT2D eigenvalue weighted by molar-refractivity contribution is 5.93. The number of aromatic nitrogens is 2. The van der Waals surface area contributed by atoms with Crippen LogP contribution in [0.2, 0.25) is 0 Å². The number of carboxylic acids is 2. The first-order chi connectivity index (χ1) is 14.6. The molecule has 4 rings (SSSR count). The molecule has 2 bridgehead atoms. The minimum absolute atomic E-state index is 0.0193. The Kier molecular flexibility index (Phi) is 6.87. The summed E-state index contributed by atoms with van der Waals surface area (Å²) in [6.07, 6.45) is -0.0334. The molecule has 0 aliphatic carbocycles. The number of carbonyl (C=O) groups is 3. The Balaban J connectivity index is 0.000000339. The van der Waals surface area contributed by atoms with Gasteiger partial charge in [0.1, 0.15) is 0 Å². The van der Waals surface area contributed by atoms with Gasteiger partial charge in [0.15, 0.2) is 5.69 Å². The molecule has 0 spiro atoms. The Bertz CT molecular complexity index is 803. The number of fused-ring (bicyclic) bond motifs is 3. The highest BCUT2D eigenvalue weighted by atomic mass is 19.4. The minimum atomic E-state index is -5.08. The lowest BCUT2D eigenvalue weighted by molar-refractivity contribution is -0.192. The topological polar surface area (TPSA) is 125 Å². The number of hydrogen-bond donors (Lipinski definition) is 3. The third-order valence-corrected chi connectivity index (χ3v) is 5.91. The molecule has 3 N–H and O–H groups in total. The number of hydrogen-bond acceptors (Lipinski definition) is 5. The lowest BCUT2D eigenvalue weighted by Gasteiger charge is -2.47. The summed E-state index contributed by atoms with van der Waals surface area (Å²) in [5.74, 6) is -3.81. The monoisotopic (exact) mass is 446 g/mol. The van der Waals surface area contributed by atoms with E-state index in [9.17, 15) is 27.9 Å². The maximum atomic E-state index is 13.1. The molecule has 1 aromatic heterocycles. The largest absolute Gasteiger partial charge is 0.490 e. The van der Waals surface area contributed by atoms with Crippen molar-refractivity contribution >= 4 is 17.8 Å². The lowest BCUT2D eigenvalue weighted by atomic mass is 9.78. The van der Waals surface area contributed by atoms with E-state index in [1.54, 1.807) is 0 Å². The minimum Gasteiger partial charge on any atom is -0.481 e. The molecule has 1 amide bonds. The maximum absolute atomic E-state index is 13.1. The van der Waals surface area contributed by atoms with Crippen LogP contribution in [-0.4, -0.2) is 67.5 Å². The summed E-state index contributed by atoms with van der Waals surface area (Å²) >= 11 is 0. The highest BCUT2D eigenvalue weighted by Crippen LogP contribution is 2.38. The third kappa shape index (κ3) is 5.35. The van der Waals surface area contributed by atoms with Crippen molar-refractivity contribution in [2.45, 2.75) is 69.9 Å². The zero-order chi connectivity index (χ0) is 22.8. The van der Waals surface area contributed by atoms with Gasteiger partial charge in [0.2, 0.25) is 0 Å². The van der Waals surface area contributed by atoms with Crippen LogP contribution in [0.3, 0.4) is 0 Å². The first-order valence-corrected chi connectivity index (χ1v) is 10.2. The number of piperidine rings is 2. The molecule has 3 aliphatic heterocycles. The maximum Gasteiger partial charge on any atom is 0.490 e. The fourth-order valence-corrected chi connectivity index (χ4v) is 4.51. The molecule has 0 radical (unpaired) electrons. The number of aryl methyl sites for hydroxylation is 1. The van der Waals surface area contributed by atoms with E-state index < -0.39 is 18.1 Å². The number of halogens is 3. The van der Waals surface area contributed by atoms with Crippen molar-refractivity contribution in [3.8, 4) is 0 Å². The third-order valence-electron chi connectivity index (χ3n) is 5.91. The Labute approximate surface area is 176 Å². The second kappa shape index (κ2) is 9.25. The summed E-state index contributed by atoms with van der Waals surface area (Å²) in [7, 11) is 0. The number of carboxylic acid groups (broad SMARTS) is 2. The van der Waals surface area contributed by atoms with Crippen LogP contribution in [-0.2, 0) is 22.7 Å². The van der Waals surface area contributed by atoms with Gasteiger partial charge in [-0.1, -0.05) is 0 Å². The molecule has 2 unspecified atom stereocenters. The Morgan fingerprint density at radius 2 is 1.71 bits per heavy atom. The first kappa shape index (κ1) is 23.0. The molecule has 2 saturated heterocycles. The van der Waals surface area contributed by atoms with Crippen molar-refractivity contribution in [2.75, 3.05) is 6.54 Å². The normalized spacial score (nSPS) is 25.5. The average molecular weight is 446 g/mol. The fraction of sp³-hybridized carbons (Fsp3) is 0.684. The summed E-state index contributed by atoms with van der Waals surface area (Å²) < 4.78 is 33.7. The molecule has 2 fully saturated rings.